The zero-order valence-corrected chi connectivity index (χ0v) is 22.7. The molecule has 37 heavy (non-hydrogen) atoms. The molecule has 2 amide bonds. The van der Waals surface area contributed by atoms with Crippen LogP contribution in [-0.2, 0) is 19.1 Å². The smallest absolute Gasteiger partial charge is 0.326 e. The summed E-state index contributed by atoms with van der Waals surface area (Å²) in [7, 11) is 1.54. The number of Topliss-reactive ketones (excluding diaryl/α,β-unsaturated/α-hetero) is 1. The Bertz CT molecular complexity index is 1140. The maximum absolute atomic E-state index is 13.8. The second-order valence-corrected chi connectivity index (χ2v) is 11.0. The quantitative estimate of drug-likeness (QED) is 0.297. The fourth-order valence-electron chi connectivity index (χ4n) is 4.91. The number of carbonyl (C=O) groups is 4. The van der Waals surface area contributed by atoms with Crippen molar-refractivity contribution < 1.29 is 28.7 Å². The first-order valence-electron chi connectivity index (χ1n) is 12.9. The third-order valence-electron chi connectivity index (χ3n) is 6.44. The van der Waals surface area contributed by atoms with Crippen LogP contribution in [0.15, 0.2) is 24.4 Å². The van der Waals surface area contributed by atoms with Gasteiger partial charge < -0.3 is 24.7 Å². The monoisotopic (exact) mass is 513 g/mol. The predicted molar refractivity (Wildman–Crippen MR) is 140 cm³/mol. The number of hydrogen-bond donors (Lipinski definition) is 2. The Kier molecular flexibility index (Phi) is 8.99. The number of benzene rings is 1. The summed E-state index contributed by atoms with van der Waals surface area (Å²) >= 11 is 0. The van der Waals surface area contributed by atoms with Crippen LogP contribution >= 0.6 is 0 Å². The molecule has 202 valence electrons. The molecule has 1 saturated carbocycles. The minimum Gasteiger partial charge on any atom is -0.497 e. The van der Waals surface area contributed by atoms with Gasteiger partial charge in [-0.2, -0.15) is 0 Å². The van der Waals surface area contributed by atoms with E-state index >= 15 is 0 Å². The Morgan fingerprint density at radius 3 is 2.38 bits per heavy atom. The third kappa shape index (κ3) is 7.11. The number of aromatic amines is 1. The van der Waals surface area contributed by atoms with E-state index in [4.69, 9.17) is 9.47 Å². The molecule has 0 bridgehead atoms. The van der Waals surface area contributed by atoms with Gasteiger partial charge in [0.25, 0.3) is 11.7 Å². The highest BCUT2D eigenvalue weighted by atomic mass is 16.6. The molecule has 1 aromatic heterocycles. The largest absolute Gasteiger partial charge is 0.497 e. The molecule has 1 aliphatic carbocycles. The number of nitrogens with one attached hydrogen (secondary N) is 2. The van der Waals surface area contributed by atoms with E-state index in [1.807, 2.05) is 13.8 Å². The van der Waals surface area contributed by atoms with Gasteiger partial charge in [0.15, 0.2) is 0 Å². The van der Waals surface area contributed by atoms with E-state index in [1.54, 1.807) is 46.1 Å². The number of fused-ring (bicyclic) bond motifs is 1. The lowest BCUT2D eigenvalue weighted by Crippen LogP contribution is -2.57. The number of esters is 1. The van der Waals surface area contributed by atoms with E-state index in [0.29, 0.717) is 16.7 Å². The first-order valence-corrected chi connectivity index (χ1v) is 12.9. The standard InChI is InChI=1S/C28H39N3O6/c1-17(2)30-26(34)24(18-10-8-7-9-11-18)31(16-23(32)37-28(3,4)5)27(35)25(33)21-15-29-22-14-19(36-6)12-13-20(21)22/h12-15,17-18,24,29H,7-11,16H2,1-6H3,(H,30,34)/t24-/m1/s1. The summed E-state index contributed by atoms with van der Waals surface area (Å²) in [6.07, 6.45) is 5.82. The van der Waals surface area contributed by atoms with Crippen LogP contribution in [0.1, 0.15) is 77.1 Å². The Labute approximate surface area is 218 Å². The average molecular weight is 514 g/mol. The molecule has 3 rings (SSSR count). The molecule has 0 radical (unpaired) electrons. The van der Waals surface area contributed by atoms with E-state index in [2.05, 4.69) is 10.3 Å². The Morgan fingerprint density at radius 2 is 1.78 bits per heavy atom. The number of ketones is 1. The van der Waals surface area contributed by atoms with Gasteiger partial charge in [-0.25, -0.2) is 0 Å². The second kappa shape index (κ2) is 11.8. The maximum atomic E-state index is 13.8. The predicted octanol–water partition coefficient (Wildman–Crippen LogP) is 4.00. The Balaban J connectivity index is 2.02. The zero-order valence-electron chi connectivity index (χ0n) is 22.7. The van der Waals surface area contributed by atoms with Gasteiger partial charge in [0.1, 0.15) is 23.9 Å². The summed E-state index contributed by atoms with van der Waals surface area (Å²) in [5.74, 6) is -2.30. The van der Waals surface area contributed by atoms with Gasteiger partial charge in [0, 0.05) is 29.2 Å². The molecule has 2 aromatic rings. The summed E-state index contributed by atoms with van der Waals surface area (Å²) in [5, 5.41) is 3.45. The van der Waals surface area contributed by atoms with Crippen molar-refractivity contribution in [3.8, 4) is 5.75 Å². The first kappa shape index (κ1) is 28.2. The highest BCUT2D eigenvalue weighted by Crippen LogP contribution is 2.31. The highest BCUT2D eigenvalue weighted by molar-refractivity contribution is 6.45. The lowest BCUT2D eigenvalue weighted by Gasteiger charge is -2.37. The van der Waals surface area contributed by atoms with Crippen LogP contribution in [0.4, 0.5) is 0 Å². The zero-order chi connectivity index (χ0) is 27.3. The van der Waals surface area contributed by atoms with E-state index < -0.39 is 35.8 Å². The van der Waals surface area contributed by atoms with Crippen molar-refractivity contribution in [1.29, 1.82) is 0 Å². The number of hydrogen-bond acceptors (Lipinski definition) is 6. The number of ether oxygens (including phenoxy) is 2. The van der Waals surface area contributed by atoms with Crippen LogP contribution in [0, 0.1) is 5.92 Å². The molecular weight excluding hydrogens is 474 g/mol. The van der Waals surface area contributed by atoms with E-state index in [1.165, 1.54) is 6.20 Å². The number of methoxy groups -OCH3 is 1. The van der Waals surface area contributed by atoms with Gasteiger partial charge in [-0.3, -0.25) is 19.2 Å². The lowest BCUT2D eigenvalue weighted by atomic mass is 9.82. The van der Waals surface area contributed by atoms with E-state index in [9.17, 15) is 19.2 Å². The Hall–Kier alpha value is -3.36. The van der Waals surface area contributed by atoms with Crippen molar-refractivity contribution in [3.05, 3.63) is 30.0 Å². The molecule has 9 nitrogen and oxygen atoms in total. The number of carbonyl (C=O) groups excluding carboxylic acids is 4. The van der Waals surface area contributed by atoms with Crippen molar-refractivity contribution in [2.24, 2.45) is 5.92 Å². The van der Waals surface area contributed by atoms with Crippen LogP contribution in [0.25, 0.3) is 10.9 Å². The van der Waals surface area contributed by atoms with Gasteiger partial charge in [-0.15, -0.1) is 0 Å². The topological polar surface area (TPSA) is 118 Å². The van der Waals surface area contributed by atoms with E-state index in [-0.39, 0.29) is 23.4 Å². The minimum absolute atomic E-state index is 0.168. The summed E-state index contributed by atoms with van der Waals surface area (Å²) in [5.41, 5.74) is 0.0192. The van der Waals surface area contributed by atoms with Crippen molar-refractivity contribution in [3.63, 3.8) is 0 Å². The SMILES string of the molecule is COc1ccc2c(C(=O)C(=O)N(CC(=O)OC(C)(C)C)[C@@H](C(=O)NC(C)C)C3CCCCC3)c[nH]c2c1. The lowest BCUT2D eigenvalue weighted by molar-refractivity contribution is -0.160. The normalized spacial score (nSPS) is 15.3. The second-order valence-electron chi connectivity index (χ2n) is 11.0. The molecule has 9 heteroatoms. The summed E-state index contributed by atoms with van der Waals surface area (Å²) in [4.78, 5) is 57.9. The molecule has 0 aliphatic heterocycles. The molecule has 1 heterocycles. The van der Waals surface area contributed by atoms with Crippen LogP contribution in [-0.4, -0.2) is 64.8 Å². The molecule has 0 unspecified atom stereocenters. The molecule has 1 aromatic carbocycles. The molecule has 2 N–H and O–H groups in total. The Morgan fingerprint density at radius 1 is 1.11 bits per heavy atom. The van der Waals surface area contributed by atoms with Crippen molar-refractivity contribution in [2.75, 3.05) is 13.7 Å². The average Bonchev–Trinajstić information content (AvgIpc) is 3.25. The van der Waals surface area contributed by atoms with Crippen LogP contribution < -0.4 is 10.1 Å². The van der Waals surface area contributed by atoms with E-state index in [0.717, 1.165) is 37.0 Å². The number of nitrogens with zero attached hydrogens (tertiary/aromatic N) is 1. The molecule has 1 atom stereocenters. The van der Waals surface area contributed by atoms with Crippen molar-refractivity contribution >= 4 is 34.5 Å². The number of amides is 2. The fourth-order valence-corrected chi connectivity index (χ4v) is 4.91. The molecule has 1 fully saturated rings. The summed E-state index contributed by atoms with van der Waals surface area (Å²) < 4.78 is 10.7. The van der Waals surface area contributed by atoms with Gasteiger partial charge in [0.2, 0.25) is 5.91 Å². The van der Waals surface area contributed by atoms with Gasteiger partial charge in [-0.1, -0.05) is 19.3 Å². The van der Waals surface area contributed by atoms with Gasteiger partial charge in [-0.05, 0) is 65.5 Å². The summed E-state index contributed by atoms with van der Waals surface area (Å²) in [6, 6.07) is 4.01. The third-order valence-corrected chi connectivity index (χ3v) is 6.44. The molecular formula is C28H39N3O6. The van der Waals surface area contributed by atoms with Crippen molar-refractivity contribution in [2.45, 2.75) is 84.4 Å². The van der Waals surface area contributed by atoms with Crippen molar-refractivity contribution in [1.82, 2.24) is 15.2 Å². The number of aromatic nitrogens is 1. The van der Waals surface area contributed by atoms with Crippen LogP contribution in [0.5, 0.6) is 5.75 Å². The number of H-pyrrole nitrogens is 1. The van der Waals surface area contributed by atoms with Gasteiger partial charge in [0.05, 0.1) is 12.7 Å². The molecule has 0 spiro atoms. The number of rotatable bonds is 9. The first-order chi connectivity index (χ1) is 17.4. The van der Waals surface area contributed by atoms with Crippen LogP contribution in [0.2, 0.25) is 0 Å². The molecule has 0 saturated heterocycles. The summed E-state index contributed by atoms with van der Waals surface area (Å²) in [6.45, 7) is 8.36. The van der Waals surface area contributed by atoms with Gasteiger partial charge >= 0.3 is 5.97 Å². The maximum Gasteiger partial charge on any atom is 0.326 e. The fraction of sp³-hybridized carbons (Fsp3) is 0.571. The highest BCUT2D eigenvalue weighted by Gasteiger charge is 2.41. The molecule has 1 aliphatic rings. The van der Waals surface area contributed by atoms with Crippen LogP contribution in [0.3, 0.4) is 0 Å². The minimum atomic E-state index is -0.961.